The first kappa shape index (κ1) is 30.5. The van der Waals surface area contributed by atoms with Gasteiger partial charge in [-0.05, 0) is 93.1 Å². The number of carbonyl (C=O) groups is 1. The molecule has 2 aromatic carbocycles. The number of aromatic nitrogens is 1. The van der Waals surface area contributed by atoms with Crippen LogP contribution in [0.4, 0.5) is 36.4 Å². The summed E-state index contributed by atoms with van der Waals surface area (Å²) in [5.74, 6) is -1.04. The Morgan fingerprint density at radius 1 is 0.902 bits per heavy atom. The first-order valence-electron chi connectivity index (χ1n) is 13.2. The third-order valence-corrected chi connectivity index (χ3v) is 7.72. The van der Waals surface area contributed by atoms with Gasteiger partial charge in [-0.15, -0.1) is 0 Å². The number of aryl methyl sites for hydroxylation is 1. The van der Waals surface area contributed by atoms with Gasteiger partial charge in [0.25, 0.3) is 0 Å². The van der Waals surface area contributed by atoms with Gasteiger partial charge in [0.2, 0.25) is 5.91 Å². The van der Waals surface area contributed by atoms with Crippen molar-refractivity contribution in [2.24, 2.45) is 0 Å². The van der Waals surface area contributed by atoms with E-state index in [1.54, 1.807) is 13.0 Å². The summed E-state index contributed by atoms with van der Waals surface area (Å²) in [5, 5.41) is 0. The number of carbonyl (C=O) groups excluding carboxylic acids is 1. The molecule has 1 saturated carbocycles. The highest BCUT2D eigenvalue weighted by Gasteiger charge is 2.41. The van der Waals surface area contributed by atoms with Crippen LogP contribution in [0.15, 0.2) is 48.7 Å². The van der Waals surface area contributed by atoms with Crippen LogP contribution in [-0.4, -0.2) is 17.9 Å². The van der Waals surface area contributed by atoms with E-state index in [1.807, 2.05) is 6.07 Å². The Kier molecular flexibility index (Phi) is 8.26. The van der Waals surface area contributed by atoms with E-state index in [4.69, 9.17) is 0 Å². The van der Waals surface area contributed by atoms with Crippen LogP contribution < -0.4 is 4.90 Å². The minimum Gasteiger partial charge on any atom is -0.313 e. The zero-order valence-electron chi connectivity index (χ0n) is 23.1. The number of rotatable bonds is 5. The number of hydrogen-bond donors (Lipinski definition) is 0. The van der Waals surface area contributed by atoms with Crippen molar-refractivity contribution in [3.05, 3.63) is 88.8 Å². The number of halogens is 7. The van der Waals surface area contributed by atoms with Gasteiger partial charge in [-0.25, -0.2) is 4.39 Å². The molecule has 1 aliphatic carbocycles. The van der Waals surface area contributed by atoms with E-state index in [-0.39, 0.29) is 12.0 Å². The monoisotopic (exact) mass is 579 g/mol. The molecule has 0 spiro atoms. The second kappa shape index (κ2) is 11.1. The molecule has 4 rings (SSSR count). The van der Waals surface area contributed by atoms with Gasteiger partial charge in [0, 0.05) is 24.2 Å². The number of nitrogens with zero attached hydrogens (tertiary/aromatic N) is 2. The molecule has 1 radical (unpaired) electrons. The Labute approximate surface area is 234 Å². The molecule has 1 aromatic heterocycles. The number of likely N-dealkylation sites (N-methyl/N-ethyl adjacent to an activating group) is 1. The summed E-state index contributed by atoms with van der Waals surface area (Å²) >= 11 is 0. The Hall–Kier alpha value is -3.43. The first-order valence-corrected chi connectivity index (χ1v) is 13.2. The molecule has 3 aromatic rings. The summed E-state index contributed by atoms with van der Waals surface area (Å²) in [4.78, 5) is 19.7. The van der Waals surface area contributed by atoms with Crippen LogP contribution >= 0.6 is 0 Å². The topological polar surface area (TPSA) is 33.2 Å². The van der Waals surface area contributed by atoms with Gasteiger partial charge in [0.05, 0.1) is 28.4 Å². The molecule has 0 bridgehead atoms. The zero-order chi connectivity index (χ0) is 30.3. The van der Waals surface area contributed by atoms with Gasteiger partial charge in [-0.2, -0.15) is 26.3 Å². The van der Waals surface area contributed by atoms with Crippen LogP contribution in [0, 0.1) is 19.2 Å². The Morgan fingerprint density at radius 2 is 1.51 bits per heavy atom. The highest BCUT2D eigenvalue weighted by atomic mass is 19.4. The summed E-state index contributed by atoms with van der Waals surface area (Å²) in [5.41, 5.74) is -2.36. The van der Waals surface area contributed by atoms with Crippen molar-refractivity contribution in [2.75, 3.05) is 11.9 Å². The van der Waals surface area contributed by atoms with Crippen molar-refractivity contribution < 1.29 is 35.5 Å². The third-order valence-electron chi connectivity index (χ3n) is 7.72. The maximum absolute atomic E-state index is 14.0. The lowest BCUT2D eigenvalue weighted by atomic mass is 9.81. The highest BCUT2D eigenvalue weighted by molar-refractivity contribution is 6.03. The second-order valence-corrected chi connectivity index (χ2v) is 11.0. The van der Waals surface area contributed by atoms with Crippen molar-refractivity contribution in [1.82, 2.24) is 4.98 Å². The van der Waals surface area contributed by atoms with Gasteiger partial charge in [0.15, 0.2) is 0 Å². The van der Waals surface area contributed by atoms with E-state index >= 15 is 0 Å². The predicted molar refractivity (Wildman–Crippen MR) is 143 cm³/mol. The normalized spacial score (nSPS) is 15.2. The number of benzene rings is 2. The number of pyridine rings is 1. The summed E-state index contributed by atoms with van der Waals surface area (Å²) < 4.78 is 95.2. The molecule has 219 valence electrons. The average Bonchev–Trinajstić information content (AvgIpc) is 2.91. The number of hydrogen-bond acceptors (Lipinski definition) is 2. The van der Waals surface area contributed by atoms with Crippen molar-refractivity contribution in [1.29, 1.82) is 0 Å². The second-order valence-electron chi connectivity index (χ2n) is 11.0. The molecule has 3 nitrogen and oxygen atoms in total. The van der Waals surface area contributed by atoms with Crippen molar-refractivity contribution in [3.8, 4) is 11.1 Å². The molecule has 0 N–H and O–H groups in total. The molecule has 0 saturated heterocycles. The molecular weight excluding hydrogens is 549 g/mol. The third kappa shape index (κ3) is 6.41. The molecule has 1 fully saturated rings. The van der Waals surface area contributed by atoms with E-state index in [0.717, 1.165) is 31.4 Å². The van der Waals surface area contributed by atoms with E-state index in [0.29, 0.717) is 34.5 Å². The molecule has 10 heteroatoms. The van der Waals surface area contributed by atoms with Crippen LogP contribution in [0.25, 0.3) is 11.1 Å². The fourth-order valence-electron chi connectivity index (χ4n) is 5.28. The molecule has 0 aliphatic heterocycles. The van der Waals surface area contributed by atoms with Gasteiger partial charge >= 0.3 is 12.4 Å². The van der Waals surface area contributed by atoms with E-state index in [2.05, 4.69) is 11.4 Å². The van der Waals surface area contributed by atoms with Crippen molar-refractivity contribution in [2.45, 2.75) is 70.1 Å². The van der Waals surface area contributed by atoms with E-state index in [1.165, 1.54) is 44.1 Å². The van der Waals surface area contributed by atoms with E-state index in [9.17, 15) is 35.5 Å². The smallest absolute Gasteiger partial charge is 0.313 e. The summed E-state index contributed by atoms with van der Waals surface area (Å²) in [6, 6.07) is 7.23. The lowest BCUT2D eigenvalue weighted by molar-refractivity contribution is -0.143. The maximum Gasteiger partial charge on any atom is 0.416 e. The summed E-state index contributed by atoms with van der Waals surface area (Å²) in [6.07, 6.45) is -2.66. The quantitative estimate of drug-likeness (QED) is 0.283. The van der Waals surface area contributed by atoms with Crippen LogP contribution in [0.2, 0.25) is 0 Å². The SMILES string of the molecule is Cc1cc(F)ccc1-c1cc(C2C[CH]CCC2)ncc1N(C)C(=O)C(C)(C)c1cc(C(F)(F)F)cc(C(F)(F)F)c1. The maximum atomic E-state index is 14.0. The van der Waals surface area contributed by atoms with Crippen molar-refractivity contribution >= 4 is 11.6 Å². The minimum absolute atomic E-state index is 0.0362. The van der Waals surface area contributed by atoms with Gasteiger partial charge in [0.1, 0.15) is 5.82 Å². The van der Waals surface area contributed by atoms with Crippen LogP contribution in [0.1, 0.15) is 73.4 Å². The van der Waals surface area contributed by atoms with E-state index < -0.39 is 46.2 Å². The standard InChI is InChI=1S/C31H30F7N2O/c1-18-12-23(32)10-11-24(18)25-16-26(19-8-6-5-7-9-19)39-17-27(25)40(4)28(41)29(2,3)20-13-21(30(33,34)35)15-22(14-20)31(36,37)38/h6,10-17,19H,5,7-9H2,1-4H3. The molecule has 1 unspecified atom stereocenters. The highest BCUT2D eigenvalue weighted by Crippen LogP contribution is 2.42. The predicted octanol–water partition coefficient (Wildman–Crippen LogP) is 9.04. The minimum atomic E-state index is -5.05. The fourth-order valence-corrected chi connectivity index (χ4v) is 5.28. The van der Waals surface area contributed by atoms with Gasteiger partial charge in [-0.3, -0.25) is 9.78 Å². The Bertz CT molecular complexity index is 1410. The first-order chi connectivity index (χ1) is 19.0. The van der Waals surface area contributed by atoms with Gasteiger partial charge in [-0.1, -0.05) is 18.9 Å². The van der Waals surface area contributed by atoms with Crippen molar-refractivity contribution in [3.63, 3.8) is 0 Å². The summed E-state index contributed by atoms with van der Waals surface area (Å²) in [7, 11) is 1.40. The number of anilines is 1. The fraction of sp³-hybridized carbons (Fsp3) is 0.387. The van der Waals surface area contributed by atoms with Crippen LogP contribution in [0.3, 0.4) is 0 Å². The lowest BCUT2D eigenvalue weighted by Crippen LogP contribution is -2.42. The largest absolute Gasteiger partial charge is 0.416 e. The molecule has 1 amide bonds. The van der Waals surface area contributed by atoms with Gasteiger partial charge < -0.3 is 4.90 Å². The lowest BCUT2D eigenvalue weighted by Gasteiger charge is -2.32. The van der Waals surface area contributed by atoms with Crippen LogP contribution in [-0.2, 0) is 22.6 Å². The van der Waals surface area contributed by atoms with Crippen LogP contribution in [0.5, 0.6) is 0 Å². The molecule has 1 heterocycles. The number of amides is 1. The molecule has 41 heavy (non-hydrogen) atoms. The Balaban J connectivity index is 1.82. The zero-order valence-corrected chi connectivity index (χ0v) is 23.1. The molecular formula is C31H30F7N2O. The average molecular weight is 580 g/mol. The molecule has 1 aliphatic rings. The summed E-state index contributed by atoms with van der Waals surface area (Å²) in [6.45, 7) is 4.28. The molecule has 1 atom stereocenters. The number of alkyl halides is 6. The Morgan fingerprint density at radius 3 is 2.05 bits per heavy atom.